The van der Waals surface area contributed by atoms with E-state index in [1.165, 1.54) is 6.26 Å². The number of nitrogens with one attached hydrogen (secondary N) is 1. The number of hydrogen-bond acceptors (Lipinski definition) is 4. The van der Waals surface area contributed by atoms with Gasteiger partial charge in [0.2, 0.25) is 0 Å². The molecule has 1 heterocycles. The third kappa shape index (κ3) is 2.83. The molecule has 1 N–H and O–H groups in total. The van der Waals surface area contributed by atoms with Crippen molar-refractivity contribution in [2.75, 3.05) is 12.4 Å². The summed E-state index contributed by atoms with van der Waals surface area (Å²) < 4.78 is 10.1. The summed E-state index contributed by atoms with van der Waals surface area (Å²) in [5.41, 5.74) is 2.37. The number of carbonyl (C=O) groups excluding carboxylic acids is 1. The predicted octanol–water partition coefficient (Wildman–Crippen LogP) is 3.60. The van der Waals surface area contributed by atoms with Crippen LogP contribution in [0, 0.1) is 0 Å². The van der Waals surface area contributed by atoms with Gasteiger partial charge in [-0.25, -0.2) is 0 Å². The van der Waals surface area contributed by atoms with E-state index in [9.17, 15) is 4.79 Å². The van der Waals surface area contributed by atoms with Crippen molar-refractivity contribution in [2.45, 2.75) is 0 Å². The number of anilines is 1. The maximum absolute atomic E-state index is 12.4. The van der Waals surface area contributed by atoms with Crippen molar-refractivity contribution >= 4 is 11.6 Å². The van der Waals surface area contributed by atoms with Crippen LogP contribution in [0.15, 0.2) is 65.4 Å². The Morgan fingerprint density at radius 2 is 1.95 bits per heavy atom. The fraction of sp³-hybridized carbons (Fsp3) is 0.0588. The number of ether oxygens (including phenoxy) is 1. The van der Waals surface area contributed by atoms with E-state index in [1.807, 2.05) is 36.4 Å². The lowest BCUT2D eigenvalue weighted by atomic mass is 10.1. The lowest BCUT2D eigenvalue weighted by Crippen LogP contribution is -2.12. The molecule has 0 aliphatic carbocycles. The SMILES string of the molecule is COc1cccc(NC(=O)c2conc2-c2ccccc2)c1. The molecule has 0 unspecified atom stereocenters. The Hall–Kier alpha value is -3.08. The molecule has 0 saturated heterocycles. The zero-order valence-corrected chi connectivity index (χ0v) is 11.9. The second kappa shape index (κ2) is 6.13. The molecule has 0 fully saturated rings. The Kier molecular flexibility index (Phi) is 3.87. The van der Waals surface area contributed by atoms with E-state index >= 15 is 0 Å². The Morgan fingerprint density at radius 3 is 2.73 bits per heavy atom. The largest absolute Gasteiger partial charge is 0.497 e. The van der Waals surface area contributed by atoms with Crippen LogP contribution in [-0.4, -0.2) is 18.2 Å². The van der Waals surface area contributed by atoms with Crippen LogP contribution in [-0.2, 0) is 0 Å². The van der Waals surface area contributed by atoms with Gasteiger partial charge >= 0.3 is 0 Å². The predicted molar refractivity (Wildman–Crippen MR) is 82.9 cm³/mol. The van der Waals surface area contributed by atoms with Crippen LogP contribution in [0.25, 0.3) is 11.3 Å². The first-order valence-electron chi connectivity index (χ1n) is 6.73. The lowest BCUT2D eigenvalue weighted by molar-refractivity contribution is 0.102. The number of aromatic nitrogens is 1. The first-order chi connectivity index (χ1) is 10.8. The molecule has 5 nitrogen and oxygen atoms in total. The molecule has 0 spiro atoms. The quantitative estimate of drug-likeness (QED) is 0.798. The number of carbonyl (C=O) groups is 1. The highest BCUT2D eigenvalue weighted by Crippen LogP contribution is 2.23. The summed E-state index contributed by atoms with van der Waals surface area (Å²) in [4.78, 5) is 12.4. The number of methoxy groups -OCH3 is 1. The van der Waals surface area contributed by atoms with E-state index in [0.717, 1.165) is 5.56 Å². The second-order valence-corrected chi connectivity index (χ2v) is 4.63. The number of rotatable bonds is 4. The number of benzene rings is 2. The van der Waals surface area contributed by atoms with Crippen molar-refractivity contribution < 1.29 is 14.1 Å². The molecule has 0 aliphatic rings. The molecular formula is C17H14N2O3. The van der Waals surface area contributed by atoms with E-state index in [1.54, 1.807) is 25.3 Å². The molecule has 3 aromatic rings. The van der Waals surface area contributed by atoms with Gasteiger partial charge in [0, 0.05) is 17.3 Å². The molecule has 0 aliphatic heterocycles. The van der Waals surface area contributed by atoms with Gasteiger partial charge in [0.05, 0.1) is 7.11 Å². The van der Waals surface area contributed by atoms with Gasteiger partial charge in [0.15, 0.2) is 0 Å². The zero-order valence-electron chi connectivity index (χ0n) is 11.9. The van der Waals surface area contributed by atoms with Crippen LogP contribution in [0.2, 0.25) is 0 Å². The van der Waals surface area contributed by atoms with Crippen LogP contribution < -0.4 is 10.1 Å². The Bertz CT molecular complexity index is 781. The van der Waals surface area contributed by atoms with E-state index < -0.39 is 0 Å². The molecule has 110 valence electrons. The van der Waals surface area contributed by atoms with Crippen LogP contribution in [0.4, 0.5) is 5.69 Å². The van der Waals surface area contributed by atoms with Crippen LogP contribution in [0.3, 0.4) is 0 Å². The molecule has 2 aromatic carbocycles. The molecule has 0 radical (unpaired) electrons. The second-order valence-electron chi connectivity index (χ2n) is 4.63. The van der Waals surface area contributed by atoms with E-state index in [0.29, 0.717) is 22.7 Å². The number of nitrogens with zero attached hydrogens (tertiary/aromatic N) is 1. The average Bonchev–Trinajstić information content (AvgIpc) is 3.05. The van der Waals surface area contributed by atoms with Gasteiger partial charge in [-0.1, -0.05) is 41.6 Å². The summed E-state index contributed by atoms with van der Waals surface area (Å²) in [6.45, 7) is 0. The molecule has 0 atom stereocenters. The average molecular weight is 294 g/mol. The van der Waals surface area contributed by atoms with Gasteiger partial charge < -0.3 is 14.6 Å². The molecule has 0 bridgehead atoms. The zero-order chi connectivity index (χ0) is 15.4. The van der Waals surface area contributed by atoms with Gasteiger partial charge in [-0.3, -0.25) is 4.79 Å². The maximum Gasteiger partial charge on any atom is 0.261 e. The van der Waals surface area contributed by atoms with Gasteiger partial charge in [0.25, 0.3) is 5.91 Å². The first kappa shape index (κ1) is 13.9. The molecule has 1 aromatic heterocycles. The van der Waals surface area contributed by atoms with E-state index in [-0.39, 0.29) is 5.91 Å². The summed E-state index contributed by atoms with van der Waals surface area (Å²) in [5, 5.41) is 6.73. The minimum absolute atomic E-state index is 0.284. The monoisotopic (exact) mass is 294 g/mol. The van der Waals surface area contributed by atoms with Crippen LogP contribution in [0.1, 0.15) is 10.4 Å². The Balaban J connectivity index is 1.86. The van der Waals surface area contributed by atoms with Crippen molar-refractivity contribution in [1.82, 2.24) is 5.16 Å². The van der Waals surface area contributed by atoms with Crippen molar-refractivity contribution in [1.29, 1.82) is 0 Å². The number of hydrogen-bond donors (Lipinski definition) is 1. The molecule has 3 rings (SSSR count). The highest BCUT2D eigenvalue weighted by Gasteiger charge is 2.17. The minimum atomic E-state index is -0.284. The molecule has 1 amide bonds. The first-order valence-corrected chi connectivity index (χ1v) is 6.73. The molecule has 5 heteroatoms. The summed E-state index contributed by atoms with van der Waals surface area (Å²) in [5.74, 6) is 0.389. The summed E-state index contributed by atoms with van der Waals surface area (Å²) in [7, 11) is 1.58. The fourth-order valence-corrected chi connectivity index (χ4v) is 2.10. The topological polar surface area (TPSA) is 64.4 Å². The van der Waals surface area contributed by atoms with E-state index in [4.69, 9.17) is 9.26 Å². The highest BCUT2D eigenvalue weighted by atomic mass is 16.5. The van der Waals surface area contributed by atoms with Gasteiger partial charge in [-0.05, 0) is 12.1 Å². The normalized spacial score (nSPS) is 10.2. The molecule has 22 heavy (non-hydrogen) atoms. The van der Waals surface area contributed by atoms with Crippen LogP contribution >= 0.6 is 0 Å². The fourth-order valence-electron chi connectivity index (χ4n) is 2.10. The van der Waals surface area contributed by atoms with E-state index in [2.05, 4.69) is 10.5 Å². The molecular weight excluding hydrogens is 280 g/mol. The maximum atomic E-state index is 12.4. The Labute approximate surface area is 127 Å². The lowest BCUT2D eigenvalue weighted by Gasteiger charge is -2.06. The van der Waals surface area contributed by atoms with Crippen molar-refractivity contribution in [3.05, 3.63) is 66.4 Å². The third-order valence-corrected chi connectivity index (χ3v) is 3.19. The minimum Gasteiger partial charge on any atom is -0.497 e. The van der Waals surface area contributed by atoms with Crippen molar-refractivity contribution in [3.8, 4) is 17.0 Å². The molecule has 0 saturated carbocycles. The smallest absolute Gasteiger partial charge is 0.261 e. The highest BCUT2D eigenvalue weighted by molar-refractivity contribution is 6.07. The van der Waals surface area contributed by atoms with Crippen molar-refractivity contribution in [2.24, 2.45) is 0 Å². The number of amides is 1. The standard InChI is InChI=1S/C17H14N2O3/c1-21-14-9-5-8-13(10-14)18-17(20)15-11-22-19-16(15)12-6-3-2-4-7-12/h2-11H,1H3,(H,18,20). The van der Waals surface area contributed by atoms with Crippen molar-refractivity contribution in [3.63, 3.8) is 0 Å². The Morgan fingerprint density at radius 1 is 1.14 bits per heavy atom. The summed E-state index contributed by atoms with van der Waals surface area (Å²) in [6, 6.07) is 16.6. The van der Waals surface area contributed by atoms with Gasteiger partial charge in [-0.15, -0.1) is 0 Å². The van der Waals surface area contributed by atoms with Crippen LogP contribution in [0.5, 0.6) is 5.75 Å². The van der Waals surface area contributed by atoms with Gasteiger partial charge in [0.1, 0.15) is 23.3 Å². The summed E-state index contributed by atoms with van der Waals surface area (Å²) in [6.07, 6.45) is 1.35. The van der Waals surface area contributed by atoms with Gasteiger partial charge in [-0.2, -0.15) is 0 Å². The third-order valence-electron chi connectivity index (χ3n) is 3.19. The summed E-state index contributed by atoms with van der Waals surface area (Å²) >= 11 is 0.